The smallest absolute Gasteiger partial charge is 0.267 e. The first kappa shape index (κ1) is 19.0. The Morgan fingerprint density at radius 1 is 1.11 bits per heavy atom. The highest BCUT2D eigenvalue weighted by Gasteiger charge is 2.11. The molecule has 0 aliphatic carbocycles. The average molecular weight is 371 g/mol. The van der Waals surface area contributed by atoms with E-state index >= 15 is 0 Å². The maximum Gasteiger partial charge on any atom is 0.267 e. The monoisotopic (exact) mass is 371 g/mol. The van der Waals surface area contributed by atoms with Crippen molar-refractivity contribution in [2.45, 2.75) is 13.3 Å². The lowest BCUT2D eigenvalue weighted by molar-refractivity contribution is -0.112. The van der Waals surface area contributed by atoms with Crippen LogP contribution in [0.5, 0.6) is 5.75 Å². The van der Waals surface area contributed by atoms with Gasteiger partial charge >= 0.3 is 0 Å². The van der Waals surface area contributed by atoms with Crippen molar-refractivity contribution in [1.29, 1.82) is 5.26 Å². The number of hydrogen-bond donors (Lipinski definition) is 3. The zero-order valence-corrected chi connectivity index (χ0v) is 15.6. The van der Waals surface area contributed by atoms with E-state index in [0.717, 1.165) is 6.42 Å². The summed E-state index contributed by atoms with van der Waals surface area (Å²) in [6, 6.07) is 20.5. The van der Waals surface area contributed by atoms with Crippen molar-refractivity contribution in [2.75, 3.05) is 11.9 Å². The third kappa shape index (κ3) is 4.49. The SMILES string of the molecule is Cc1cccc(CCN/C=C(/C#N)C(=O)Nc2cccc3c(O)cccc23)c1. The summed E-state index contributed by atoms with van der Waals surface area (Å²) in [6.07, 6.45) is 2.23. The summed E-state index contributed by atoms with van der Waals surface area (Å²) in [7, 11) is 0. The van der Waals surface area contributed by atoms with Gasteiger partial charge in [0.05, 0.1) is 0 Å². The van der Waals surface area contributed by atoms with Crippen LogP contribution in [-0.4, -0.2) is 17.6 Å². The number of anilines is 1. The largest absolute Gasteiger partial charge is 0.507 e. The third-order valence-corrected chi connectivity index (χ3v) is 4.40. The van der Waals surface area contributed by atoms with Crippen molar-refractivity contribution >= 4 is 22.4 Å². The highest BCUT2D eigenvalue weighted by atomic mass is 16.3. The van der Waals surface area contributed by atoms with Gasteiger partial charge in [0.25, 0.3) is 5.91 Å². The Morgan fingerprint density at radius 2 is 1.86 bits per heavy atom. The number of aryl methyl sites for hydroxylation is 1. The second-order valence-corrected chi connectivity index (χ2v) is 6.49. The average Bonchev–Trinajstić information content (AvgIpc) is 2.69. The normalized spacial score (nSPS) is 11.1. The van der Waals surface area contributed by atoms with E-state index in [4.69, 9.17) is 0 Å². The van der Waals surface area contributed by atoms with Gasteiger partial charge in [-0.2, -0.15) is 5.26 Å². The first-order valence-electron chi connectivity index (χ1n) is 9.00. The van der Waals surface area contributed by atoms with Crippen LogP contribution in [-0.2, 0) is 11.2 Å². The van der Waals surface area contributed by atoms with E-state index in [9.17, 15) is 15.2 Å². The predicted molar refractivity (Wildman–Crippen MR) is 111 cm³/mol. The molecule has 0 saturated heterocycles. The van der Waals surface area contributed by atoms with Gasteiger partial charge in [-0.05, 0) is 31.0 Å². The summed E-state index contributed by atoms with van der Waals surface area (Å²) in [5.41, 5.74) is 2.92. The van der Waals surface area contributed by atoms with E-state index in [1.807, 2.05) is 31.2 Å². The number of aromatic hydroxyl groups is 1. The van der Waals surface area contributed by atoms with E-state index in [0.29, 0.717) is 23.0 Å². The molecule has 0 unspecified atom stereocenters. The highest BCUT2D eigenvalue weighted by molar-refractivity contribution is 6.11. The molecule has 5 nitrogen and oxygen atoms in total. The van der Waals surface area contributed by atoms with Gasteiger partial charge in [-0.25, -0.2) is 0 Å². The molecule has 0 atom stereocenters. The minimum Gasteiger partial charge on any atom is -0.507 e. The first-order valence-corrected chi connectivity index (χ1v) is 9.00. The van der Waals surface area contributed by atoms with Crippen LogP contribution >= 0.6 is 0 Å². The Bertz CT molecular complexity index is 1080. The van der Waals surface area contributed by atoms with Crippen molar-refractivity contribution in [1.82, 2.24) is 5.32 Å². The lowest BCUT2D eigenvalue weighted by atomic mass is 10.1. The fourth-order valence-electron chi connectivity index (χ4n) is 3.00. The molecule has 0 aromatic heterocycles. The number of fused-ring (bicyclic) bond motifs is 1. The molecule has 28 heavy (non-hydrogen) atoms. The Balaban J connectivity index is 1.66. The van der Waals surface area contributed by atoms with Crippen LogP contribution in [0.4, 0.5) is 5.69 Å². The molecule has 0 saturated carbocycles. The summed E-state index contributed by atoms with van der Waals surface area (Å²) in [5.74, 6) is -0.358. The minimum atomic E-state index is -0.499. The number of amides is 1. The molecule has 5 heteroatoms. The summed E-state index contributed by atoms with van der Waals surface area (Å²) in [4.78, 5) is 12.5. The molecule has 3 N–H and O–H groups in total. The highest BCUT2D eigenvalue weighted by Crippen LogP contribution is 2.29. The van der Waals surface area contributed by atoms with Crippen LogP contribution in [0.1, 0.15) is 11.1 Å². The Hall–Kier alpha value is -3.78. The maximum atomic E-state index is 12.5. The molecule has 3 rings (SSSR count). The van der Waals surface area contributed by atoms with E-state index in [1.54, 1.807) is 36.4 Å². The number of nitriles is 1. The number of hydrogen-bond acceptors (Lipinski definition) is 4. The van der Waals surface area contributed by atoms with Crippen LogP contribution in [0.25, 0.3) is 10.8 Å². The predicted octanol–water partition coefficient (Wildman–Crippen LogP) is 4.03. The van der Waals surface area contributed by atoms with E-state index in [2.05, 4.69) is 16.7 Å². The molecule has 3 aromatic carbocycles. The molecule has 0 fully saturated rings. The lowest BCUT2D eigenvalue weighted by Crippen LogP contribution is -2.18. The molecule has 0 aliphatic heterocycles. The van der Waals surface area contributed by atoms with Crippen LogP contribution < -0.4 is 10.6 Å². The second-order valence-electron chi connectivity index (χ2n) is 6.49. The van der Waals surface area contributed by atoms with Crippen LogP contribution in [0, 0.1) is 18.3 Å². The number of phenolic OH excluding ortho intramolecular Hbond substituents is 1. The van der Waals surface area contributed by atoms with Crippen molar-refractivity contribution in [3.8, 4) is 11.8 Å². The number of nitrogens with zero attached hydrogens (tertiary/aromatic N) is 1. The number of nitrogens with one attached hydrogen (secondary N) is 2. The summed E-state index contributed by atoms with van der Waals surface area (Å²) in [5, 5.41) is 26.4. The van der Waals surface area contributed by atoms with Gasteiger partial charge < -0.3 is 15.7 Å². The number of benzene rings is 3. The molecule has 3 aromatic rings. The third-order valence-electron chi connectivity index (χ3n) is 4.40. The zero-order valence-electron chi connectivity index (χ0n) is 15.6. The fourth-order valence-corrected chi connectivity index (χ4v) is 3.00. The Kier molecular flexibility index (Phi) is 5.93. The molecule has 140 valence electrons. The lowest BCUT2D eigenvalue weighted by Gasteiger charge is -2.09. The molecule has 1 amide bonds. The van der Waals surface area contributed by atoms with Gasteiger partial charge in [-0.1, -0.05) is 54.1 Å². The van der Waals surface area contributed by atoms with Gasteiger partial charge in [-0.15, -0.1) is 0 Å². The van der Waals surface area contributed by atoms with Crippen LogP contribution in [0.3, 0.4) is 0 Å². The Morgan fingerprint density at radius 3 is 2.64 bits per heavy atom. The number of rotatable bonds is 6. The Labute approximate surface area is 163 Å². The van der Waals surface area contributed by atoms with Crippen molar-refractivity contribution in [2.24, 2.45) is 0 Å². The number of carbonyl (C=O) groups is 1. The van der Waals surface area contributed by atoms with Crippen molar-refractivity contribution in [3.63, 3.8) is 0 Å². The quantitative estimate of drug-likeness (QED) is 0.347. The topological polar surface area (TPSA) is 85.2 Å². The zero-order chi connectivity index (χ0) is 19.9. The summed E-state index contributed by atoms with van der Waals surface area (Å²) < 4.78 is 0. The van der Waals surface area contributed by atoms with Crippen LogP contribution in [0.2, 0.25) is 0 Å². The summed E-state index contributed by atoms with van der Waals surface area (Å²) >= 11 is 0. The molecular formula is C23H21N3O2. The standard InChI is InChI=1S/C23H21N3O2/c1-16-5-2-6-17(13-16)11-12-25-15-18(14-24)23(28)26-21-9-3-8-20-19(21)7-4-10-22(20)27/h2-10,13,15,25,27H,11-12H2,1H3,(H,26,28)/b18-15-. The van der Waals surface area contributed by atoms with Crippen molar-refractivity contribution in [3.05, 3.63) is 83.6 Å². The maximum absolute atomic E-state index is 12.5. The second kappa shape index (κ2) is 8.74. The van der Waals surface area contributed by atoms with E-state index in [-0.39, 0.29) is 11.3 Å². The van der Waals surface area contributed by atoms with E-state index in [1.165, 1.54) is 17.3 Å². The van der Waals surface area contributed by atoms with Gasteiger partial charge in [0.15, 0.2) is 0 Å². The molecule has 0 heterocycles. The molecule has 0 radical (unpaired) electrons. The number of carbonyl (C=O) groups excluding carboxylic acids is 1. The van der Waals surface area contributed by atoms with Gasteiger partial charge in [0, 0.05) is 29.2 Å². The molecule has 0 aliphatic rings. The molecular weight excluding hydrogens is 350 g/mol. The van der Waals surface area contributed by atoms with Gasteiger partial charge in [0.2, 0.25) is 0 Å². The van der Waals surface area contributed by atoms with Crippen molar-refractivity contribution < 1.29 is 9.90 Å². The van der Waals surface area contributed by atoms with Crippen LogP contribution in [0.15, 0.2) is 72.4 Å². The summed E-state index contributed by atoms with van der Waals surface area (Å²) in [6.45, 7) is 2.66. The van der Waals surface area contributed by atoms with E-state index < -0.39 is 5.91 Å². The van der Waals surface area contributed by atoms with Gasteiger partial charge in [0.1, 0.15) is 17.4 Å². The molecule has 0 bridgehead atoms. The molecule has 0 spiro atoms. The number of phenols is 1. The first-order chi connectivity index (χ1) is 13.6. The minimum absolute atomic E-state index is 0.0126. The fraction of sp³-hybridized carbons (Fsp3) is 0.130. The van der Waals surface area contributed by atoms with Gasteiger partial charge in [-0.3, -0.25) is 4.79 Å².